The van der Waals surface area contributed by atoms with E-state index in [1.165, 1.54) is 0 Å². The van der Waals surface area contributed by atoms with E-state index in [4.69, 9.17) is 14.2 Å². The molecule has 5 nitrogen and oxygen atoms in total. The molecule has 0 bridgehead atoms. The Labute approximate surface area is 103 Å². The second-order valence-corrected chi connectivity index (χ2v) is 5.40. The Morgan fingerprint density at radius 2 is 2.18 bits per heavy atom. The van der Waals surface area contributed by atoms with Crippen molar-refractivity contribution >= 4 is 5.91 Å². The largest absolute Gasteiger partial charge is 0.378 e. The topological polar surface area (TPSA) is 56.8 Å². The first-order valence-electron chi connectivity index (χ1n) is 5.88. The van der Waals surface area contributed by atoms with Crippen LogP contribution in [0.3, 0.4) is 0 Å². The normalized spacial score (nSPS) is 23.7. The van der Waals surface area contributed by atoms with Crippen LogP contribution >= 0.6 is 0 Å². The highest BCUT2D eigenvalue weighted by atomic mass is 16.7. The van der Waals surface area contributed by atoms with Crippen molar-refractivity contribution in [1.29, 1.82) is 0 Å². The number of rotatable bonds is 5. The van der Waals surface area contributed by atoms with Crippen molar-refractivity contribution < 1.29 is 19.0 Å². The number of hydrogen-bond donors (Lipinski definition) is 1. The summed E-state index contributed by atoms with van der Waals surface area (Å²) in [7, 11) is 1.60. The average Bonchev–Trinajstić information content (AvgIpc) is 2.55. The number of ether oxygens (including phenoxy) is 3. The molecular formula is C12H23NO4. The molecule has 5 heteroatoms. The van der Waals surface area contributed by atoms with Gasteiger partial charge in [0.25, 0.3) is 0 Å². The van der Waals surface area contributed by atoms with E-state index in [1.807, 2.05) is 27.7 Å². The summed E-state index contributed by atoms with van der Waals surface area (Å²) < 4.78 is 16.2. The Bertz CT molecular complexity index is 276. The molecule has 1 atom stereocenters. The molecule has 17 heavy (non-hydrogen) atoms. The summed E-state index contributed by atoms with van der Waals surface area (Å²) in [6.45, 7) is 8.48. The summed E-state index contributed by atoms with van der Waals surface area (Å²) >= 11 is 0. The van der Waals surface area contributed by atoms with Gasteiger partial charge in [-0.2, -0.15) is 0 Å². The Balaban J connectivity index is 2.25. The zero-order valence-electron chi connectivity index (χ0n) is 11.3. The number of amides is 1. The van der Waals surface area contributed by atoms with E-state index in [0.717, 1.165) is 0 Å². The second-order valence-electron chi connectivity index (χ2n) is 5.40. The summed E-state index contributed by atoms with van der Waals surface area (Å²) in [6, 6.07) is 0. The van der Waals surface area contributed by atoms with Gasteiger partial charge in [-0.05, 0) is 27.7 Å². The van der Waals surface area contributed by atoms with Gasteiger partial charge in [-0.1, -0.05) is 0 Å². The number of carbonyl (C=O) groups excluding carboxylic acids is 1. The SMILES string of the molecule is COC(C)(C)CC(=O)NCC1COC(C)(C)O1. The molecule has 1 unspecified atom stereocenters. The van der Waals surface area contributed by atoms with Crippen LogP contribution < -0.4 is 5.32 Å². The Morgan fingerprint density at radius 3 is 2.65 bits per heavy atom. The first-order chi connectivity index (χ1) is 7.74. The highest BCUT2D eigenvalue weighted by molar-refractivity contribution is 5.76. The fourth-order valence-electron chi connectivity index (χ4n) is 1.61. The minimum absolute atomic E-state index is 0.0369. The van der Waals surface area contributed by atoms with Crippen LogP contribution in [0.5, 0.6) is 0 Å². The molecule has 1 saturated heterocycles. The van der Waals surface area contributed by atoms with E-state index >= 15 is 0 Å². The van der Waals surface area contributed by atoms with E-state index in [9.17, 15) is 4.79 Å². The standard InChI is InChI=1S/C12H23NO4/c1-11(2,15-5)6-10(14)13-7-9-8-16-12(3,4)17-9/h9H,6-8H2,1-5H3,(H,13,14). The third-order valence-corrected chi connectivity index (χ3v) is 2.73. The summed E-state index contributed by atoms with van der Waals surface area (Å²) in [5.41, 5.74) is -0.434. The van der Waals surface area contributed by atoms with Gasteiger partial charge in [-0.25, -0.2) is 0 Å². The summed E-state index contributed by atoms with van der Waals surface area (Å²) in [4.78, 5) is 11.6. The number of methoxy groups -OCH3 is 1. The molecule has 100 valence electrons. The van der Waals surface area contributed by atoms with Crippen LogP contribution in [0.2, 0.25) is 0 Å². The molecule has 1 aliphatic heterocycles. The molecule has 1 aliphatic rings. The third-order valence-electron chi connectivity index (χ3n) is 2.73. The summed E-state index contributed by atoms with van der Waals surface area (Å²) in [5.74, 6) is -0.577. The molecule has 0 aromatic heterocycles. The van der Waals surface area contributed by atoms with Gasteiger partial charge in [0.15, 0.2) is 5.79 Å². The van der Waals surface area contributed by atoms with Crippen LogP contribution in [0.25, 0.3) is 0 Å². The molecule has 1 N–H and O–H groups in total. The van der Waals surface area contributed by atoms with Crippen molar-refractivity contribution in [2.24, 2.45) is 0 Å². The molecule has 0 aromatic rings. The highest BCUT2D eigenvalue weighted by Crippen LogP contribution is 2.21. The van der Waals surface area contributed by atoms with Gasteiger partial charge in [0.2, 0.25) is 5.91 Å². The first kappa shape index (κ1) is 14.4. The van der Waals surface area contributed by atoms with Gasteiger partial charge in [-0.3, -0.25) is 4.79 Å². The molecule has 0 radical (unpaired) electrons. The fourth-order valence-corrected chi connectivity index (χ4v) is 1.61. The monoisotopic (exact) mass is 245 g/mol. The van der Waals surface area contributed by atoms with Crippen molar-refractivity contribution in [3.8, 4) is 0 Å². The van der Waals surface area contributed by atoms with E-state index in [-0.39, 0.29) is 12.0 Å². The minimum atomic E-state index is -0.540. The summed E-state index contributed by atoms with van der Waals surface area (Å²) in [5, 5.41) is 2.83. The van der Waals surface area contributed by atoms with Crippen LogP contribution in [0.1, 0.15) is 34.1 Å². The zero-order valence-corrected chi connectivity index (χ0v) is 11.3. The summed E-state index contributed by atoms with van der Waals surface area (Å²) in [6.07, 6.45) is 0.264. The molecule has 1 rings (SSSR count). The molecule has 0 saturated carbocycles. The molecule has 0 spiro atoms. The Morgan fingerprint density at radius 1 is 1.53 bits per heavy atom. The van der Waals surface area contributed by atoms with Gasteiger partial charge in [-0.15, -0.1) is 0 Å². The first-order valence-corrected chi connectivity index (χ1v) is 5.88. The average molecular weight is 245 g/mol. The van der Waals surface area contributed by atoms with Gasteiger partial charge in [0, 0.05) is 13.7 Å². The maximum Gasteiger partial charge on any atom is 0.222 e. The number of carbonyl (C=O) groups is 1. The van der Waals surface area contributed by atoms with Gasteiger partial charge in [0.1, 0.15) is 6.10 Å². The van der Waals surface area contributed by atoms with Crippen LogP contribution in [0, 0.1) is 0 Å². The molecule has 0 aliphatic carbocycles. The lowest BCUT2D eigenvalue weighted by Gasteiger charge is -2.22. The highest BCUT2D eigenvalue weighted by Gasteiger charge is 2.32. The van der Waals surface area contributed by atoms with Gasteiger partial charge >= 0.3 is 0 Å². The van der Waals surface area contributed by atoms with E-state index in [1.54, 1.807) is 7.11 Å². The fraction of sp³-hybridized carbons (Fsp3) is 0.917. The Kier molecular flexibility index (Phi) is 4.52. The predicted molar refractivity (Wildman–Crippen MR) is 63.6 cm³/mol. The molecule has 1 fully saturated rings. The van der Waals surface area contributed by atoms with Crippen molar-refractivity contribution in [2.75, 3.05) is 20.3 Å². The quantitative estimate of drug-likeness (QED) is 0.787. The zero-order chi connectivity index (χ0) is 13.1. The van der Waals surface area contributed by atoms with Crippen molar-refractivity contribution in [3.05, 3.63) is 0 Å². The van der Waals surface area contributed by atoms with Crippen molar-refractivity contribution in [2.45, 2.75) is 51.6 Å². The van der Waals surface area contributed by atoms with Crippen LogP contribution in [-0.2, 0) is 19.0 Å². The van der Waals surface area contributed by atoms with Crippen LogP contribution in [-0.4, -0.2) is 43.7 Å². The third kappa shape index (κ3) is 5.02. The minimum Gasteiger partial charge on any atom is -0.378 e. The van der Waals surface area contributed by atoms with Crippen LogP contribution in [0.15, 0.2) is 0 Å². The van der Waals surface area contributed by atoms with E-state index in [0.29, 0.717) is 19.6 Å². The van der Waals surface area contributed by atoms with E-state index in [2.05, 4.69) is 5.32 Å². The molecular weight excluding hydrogens is 222 g/mol. The number of hydrogen-bond acceptors (Lipinski definition) is 4. The molecule has 1 amide bonds. The maximum atomic E-state index is 11.6. The van der Waals surface area contributed by atoms with Gasteiger partial charge in [0.05, 0.1) is 18.6 Å². The molecule has 1 heterocycles. The lowest BCUT2D eigenvalue weighted by atomic mass is 10.1. The maximum absolute atomic E-state index is 11.6. The van der Waals surface area contributed by atoms with Gasteiger partial charge < -0.3 is 19.5 Å². The second kappa shape index (κ2) is 5.33. The van der Waals surface area contributed by atoms with Crippen molar-refractivity contribution in [3.63, 3.8) is 0 Å². The molecule has 0 aromatic carbocycles. The predicted octanol–water partition coefficient (Wildman–Crippen LogP) is 1.07. The van der Waals surface area contributed by atoms with E-state index < -0.39 is 11.4 Å². The lowest BCUT2D eigenvalue weighted by molar-refractivity contribution is -0.140. The van der Waals surface area contributed by atoms with Crippen molar-refractivity contribution in [1.82, 2.24) is 5.32 Å². The van der Waals surface area contributed by atoms with Crippen LogP contribution in [0.4, 0.5) is 0 Å². The Hall–Kier alpha value is -0.650. The number of nitrogens with one attached hydrogen (secondary N) is 1. The lowest BCUT2D eigenvalue weighted by Crippen LogP contribution is -2.38. The smallest absolute Gasteiger partial charge is 0.222 e.